The summed E-state index contributed by atoms with van der Waals surface area (Å²) in [4.78, 5) is 28.6. The Morgan fingerprint density at radius 3 is 2.12 bits per heavy atom. The van der Waals surface area contributed by atoms with Crippen LogP contribution < -0.4 is 14.4 Å². The highest BCUT2D eigenvalue weighted by molar-refractivity contribution is 5.94. The van der Waals surface area contributed by atoms with Crippen LogP contribution in [-0.4, -0.2) is 49.9 Å². The topological polar surface area (TPSA) is 59.1 Å². The van der Waals surface area contributed by atoms with Gasteiger partial charge in [0.05, 0.1) is 19.8 Å². The average Bonchev–Trinajstić information content (AvgIpc) is 2.95. The van der Waals surface area contributed by atoms with Gasteiger partial charge in [0.15, 0.2) is 17.3 Å². The molecule has 0 bridgehead atoms. The minimum Gasteiger partial charge on any atom is -0.493 e. The summed E-state index contributed by atoms with van der Waals surface area (Å²) >= 11 is 0. The molecule has 3 aromatic rings. The van der Waals surface area contributed by atoms with Crippen LogP contribution in [0.3, 0.4) is 0 Å². The second-order valence-electron chi connectivity index (χ2n) is 10.2. The number of piperidine rings is 1. The molecule has 3 aromatic carbocycles. The second kappa shape index (κ2) is 13.5. The number of hydrogen-bond acceptors (Lipinski definition) is 5. The number of ether oxygens (including phenoxy) is 2. The molecule has 1 heterocycles. The molecule has 0 saturated carbocycles. The standard InChI is InChI=1S/C32H36F2N2O4/c1-22(37)26-7-14-30(31(21-26)39-3)40-20-4-17-35-18-15-25(16-19-35)32(24-5-8-27(33)9-6-24)36(23(2)38)29-12-10-28(34)11-13-29/h5-14,21,25,32H,4,15-20H2,1-3H3. The quantitative estimate of drug-likeness (QED) is 0.203. The summed E-state index contributed by atoms with van der Waals surface area (Å²) in [5.74, 6) is 0.426. The molecule has 1 atom stereocenters. The number of likely N-dealkylation sites (tertiary alicyclic amines) is 1. The van der Waals surface area contributed by atoms with Gasteiger partial charge < -0.3 is 19.3 Å². The molecule has 1 fully saturated rings. The number of amides is 1. The van der Waals surface area contributed by atoms with Crippen molar-refractivity contribution >= 4 is 17.4 Å². The Hall–Kier alpha value is -3.78. The maximum atomic E-state index is 13.8. The van der Waals surface area contributed by atoms with Crippen molar-refractivity contribution in [2.24, 2.45) is 5.92 Å². The maximum Gasteiger partial charge on any atom is 0.224 e. The Morgan fingerprint density at radius 1 is 0.925 bits per heavy atom. The average molecular weight is 551 g/mol. The number of benzene rings is 3. The molecule has 0 N–H and O–H groups in total. The molecule has 1 unspecified atom stereocenters. The lowest BCUT2D eigenvalue weighted by Gasteiger charge is -2.41. The van der Waals surface area contributed by atoms with Crippen molar-refractivity contribution in [2.45, 2.75) is 39.2 Å². The van der Waals surface area contributed by atoms with Crippen molar-refractivity contribution in [3.63, 3.8) is 0 Å². The number of hydrogen-bond donors (Lipinski definition) is 0. The highest BCUT2D eigenvalue weighted by Gasteiger charge is 2.34. The normalized spacial score (nSPS) is 14.9. The predicted molar refractivity (Wildman–Crippen MR) is 151 cm³/mol. The Balaban J connectivity index is 1.38. The van der Waals surface area contributed by atoms with Gasteiger partial charge in [-0.15, -0.1) is 0 Å². The van der Waals surface area contributed by atoms with Crippen molar-refractivity contribution in [3.05, 3.63) is 89.5 Å². The van der Waals surface area contributed by atoms with E-state index in [2.05, 4.69) is 4.90 Å². The summed E-state index contributed by atoms with van der Waals surface area (Å²) < 4.78 is 38.7. The monoisotopic (exact) mass is 550 g/mol. The molecule has 6 nitrogen and oxygen atoms in total. The molecule has 40 heavy (non-hydrogen) atoms. The van der Waals surface area contributed by atoms with Gasteiger partial charge in [-0.25, -0.2) is 8.78 Å². The number of Topliss-reactive ketones (excluding diaryl/α,β-unsaturated/α-hetero) is 1. The first kappa shape index (κ1) is 29.2. The van der Waals surface area contributed by atoms with E-state index < -0.39 is 0 Å². The molecule has 1 aliphatic rings. The van der Waals surface area contributed by atoms with Crippen molar-refractivity contribution in [2.75, 3.05) is 38.3 Å². The van der Waals surface area contributed by atoms with Gasteiger partial charge in [0, 0.05) is 24.7 Å². The fourth-order valence-corrected chi connectivity index (χ4v) is 5.40. The van der Waals surface area contributed by atoms with Crippen molar-refractivity contribution in [1.82, 2.24) is 4.90 Å². The number of rotatable bonds is 11. The zero-order valence-corrected chi connectivity index (χ0v) is 23.2. The van der Waals surface area contributed by atoms with E-state index >= 15 is 0 Å². The number of ketones is 1. The summed E-state index contributed by atoms with van der Waals surface area (Å²) in [6.45, 7) is 6.10. The van der Waals surface area contributed by atoms with Crippen LogP contribution in [0.5, 0.6) is 11.5 Å². The minimum atomic E-state index is -0.366. The number of carbonyl (C=O) groups is 2. The van der Waals surface area contributed by atoms with E-state index in [-0.39, 0.29) is 35.3 Å². The lowest BCUT2D eigenvalue weighted by Crippen LogP contribution is -2.43. The molecule has 4 rings (SSSR count). The fraction of sp³-hybridized carbons (Fsp3) is 0.375. The van der Waals surface area contributed by atoms with Gasteiger partial charge in [-0.05, 0) is 105 Å². The van der Waals surface area contributed by atoms with E-state index in [1.807, 2.05) is 0 Å². The molecule has 8 heteroatoms. The molecule has 1 aliphatic heterocycles. The molecule has 0 aromatic heterocycles. The van der Waals surface area contributed by atoms with E-state index in [0.29, 0.717) is 29.4 Å². The van der Waals surface area contributed by atoms with Crippen LogP contribution in [0.25, 0.3) is 0 Å². The number of carbonyl (C=O) groups excluding carboxylic acids is 2. The highest BCUT2D eigenvalue weighted by Crippen LogP contribution is 2.39. The number of methoxy groups -OCH3 is 1. The fourth-order valence-electron chi connectivity index (χ4n) is 5.40. The zero-order chi connectivity index (χ0) is 28.6. The van der Waals surface area contributed by atoms with E-state index in [0.717, 1.165) is 44.5 Å². The van der Waals surface area contributed by atoms with Crippen LogP contribution in [0.2, 0.25) is 0 Å². The lowest BCUT2D eigenvalue weighted by atomic mass is 9.83. The van der Waals surface area contributed by atoms with Gasteiger partial charge in [-0.3, -0.25) is 9.59 Å². The van der Waals surface area contributed by atoms with Crippen LogP contribution in [0, 0.1) is 17.6 Å². The Labute approximate surface area is 234 Å². The third-order valence-electron chi connectivity index (χ3n) is 7.46. The van der Waals surface area contributed by atoms with Crippen LogP contribution >= 0.6 is 0 Å². The SMILES string of the molecule is COc1cc(C(C)=O)ccc1OCCCN1CCC(C(c2ccc(F)cc2)N(C(C)=O)c2ccc(F)cc2)CC1. The number of anilines is 1. The van der Waals surface area contributed by atoms with Crippen molar-refractivity contribution in [3.8, 4) is 11.5 Å². The minimum absolute atomic E-state index is 0.0287. The molecule has 1 saturated heterocycles. The third-order valence-corrected chi connectivity index (χ3v) is 7.46. The Morgan fingerprint density at radius 2 is 1.55 bits per heavy atom. The molecule has 0 spiro atoms. The predicted octanol–water partition coefficient (Wildman–Crippen LogP) is 6.45. The van der Waals surface area contributed by atoms with Gasteiger partial charge in [0.2, 0.25) is 5.91 Å². The van der Waals surface area contributed by atoms with Crippen molar-refractivity contribution in [1.29, 1.82) is 0 Å². The largest absolute Gasteiger partial charge is 0.493 e. The zero-order valence-electron chi connectivity index (χ0n) is 23.2. The molecular weight excluding hydrogens is 514 g/mol. The Kier molecular flexibility index (Phi) is 9.88. The van der Waals surface area contributed by atoms with Crippen LogP contribution in [0.4, 0.5) is 14.5 Å². The lowest BCUT2D eigenvalue weighted by molar-refractivity contribution is -0.117. The van der Waals surface area contributed by atoms with Crippen LogP contribution in [-0.2, 0) is 4.79 Å². The van der Waals surface area contributed by atoms with Crippen molar-refractivity contribution < 1.29 is 27.8 Å². The summed E-state index contributed by atoms with van der Waals surface area (Å²) in [5, 5.41) is 0. The first-order valence-corrected chi connectivity index (χ1v) is 13.6. The summed E-state index contributed by atoms with van der Waals surface area (Å²) in [6.07, 6.45) is 2.53. The molecular formula is C32H36F2N2O4. The Bertz CT molecular complexity index is 1290. The summed E-state index contributed by atoms with van der Waals surface area (Å²) in [7, 11) is 1.55. The second-order valence-corrected chi connectivity index (χ2v) is 10.2. The van der Waals surface area contributed by atoms with Crippen LogP contribution in [0.15, 0.2) is 66.7 Å². The van der Waals surface area contributed by atoms with E-state index in [1.165, 1.54) is 38.1 Å². The summed E-state index contributed by atoms with van der Waals surface area (Å²) in [5.41, 5.74) is 2.06. The molecule has 0 radical (unpaired) electrons. The van der Waals surface area contributed by atoms with E-state index in [9.17, 15) is 18.4 Å². The van der Waals surface area contributed by atoms with E-state index in [4.69, 9.17) is 9.47 Å². The van der Waals surface area contributed by atoms with E-state index in [1.54, 1.807) is 54.5 Å². The number of nitrogens with zero attached hydrogens (tertiary/aromatic N) is 2. The van der Waals surface area contributed by atoms with Gasteiger partial charge in [-0.2, -0.15) is 0 Å². The van der Waals surface area contributed by atoms with Gasteiger partial charge >= 0.3 is 0 Å². The molecule has 0 aliphatic carbocycles. The maximum absolute atomic E-state index is 13.8. The summed E-state index contributed by atoms with van der Waals surface area (Å²) in [6, 6.07) is 17.1. The molecule has 212 valence electrons. The van der Waals surface area contributed by atoms with Gasteiger partial charge in [0.25, 0.3) is 0 Å². The first-order valence-electron chi connectivity index (χ1n) is 13.6. The van der Waals surface area contributed by atoms with Gasteiger partial charge in [-0.1, -0.05) is 12.1 Å². The van der Waals surface area contributed by atoms with Crippen LogP contribution in [0.1, 0.15) is 55.1 Å². The highest BCUT2D eigenvalue weighted by atomic mass is 19.1. The molecule has 1 amide bonds. The first-order chi connectivity index (χ1) is 19.3. The van der Waals surface area contributed by atoms with Gasteiger partial charge in [0.1, 0.15) is 11.6 Å². The third kappa shape index (κ3) is 7.24. The smallest absolute Gasteiger partial charge is 0.224 e. The number of halogens is 2.